The van der Waals surface area contributed by atoms with Crippen molar-refractivity contribution in [2.75, 3.05) is 13.2 Å². The smallest absolute Gasteiger partial charge is 0.308 e. The first-order valence-electron chi connectivity index (χ1n) is 20.3. The topological polar surface area (TPSA) is 98.0 Å². The third-order valence-electron chi connectivity index (χ3n) is 13.4. The van der Waals surface area contributed by atoms with Gasteiger partial charge in [0, 0.05) is 11.3 Å². The maximum absolute atomic E-state index is 13.5. The van der Waals surface area contributed by atoms with Crippen LogP contribution in [0.2, 0.25) is 0 Å². The van der Waals surface area contributed by atoms with Crippen LogP contribution in [0.3, 0.4) is 0 Å². The Morgan fingerprint density at radius 3 is 2.28 bits per heavy atom. The molecule has 1 spiro atoms. The van der Waals surface area contributed by atoms with Crippen LogP contribution in [0, 0.1) is 35.5 Å². The first kappa shape index (κ1) is 37.4. The molecule has 4 aliphatic rings. The molecule has 1 fully saturated rings. The molecule has 3 aromatic carbocycles. The molecule has 5 heteroatoms. The molecule has 2 bridgehead atoms. The van der Waals surface area contributed by atoms with Gasteiger partial charge in [-0.15, -0.1) is 0 Å². The van der Waals surface area contributed by atoms with Crippen molar-refractivity contribution in [2.24, 2.45) is 35.5 Å². The van der Waals surface area contributed by atoms with Crippen molar-refractivity contribution in [2.45, 2.75) is 94.8 Å². The molecule has 3 aromatic rings. The molecule has 53 heavy (non-hydrogen) atoms. The van der Waals surface area contributed by atoms with Gasteiger partial charge in [-0.1, -0.05) is 117 Å². The molecule has 0 heterocycles. The van der Waals surface area contributed by atoms with Gasteiger partial charge in [0.05, 0.1) is 19.1 Å². The summed E-state index contributed by atoms with van der Waals surface area (Å²) in [5, 5.41) is 44.2. The van der Waals surface area contributed by atoms with E-state index in [0.717, 1.165) is 56.9 Å². The summed E-state index contributed by atoms with van der Waals surface area (Å²) in [5.41, 5.74) is 4.10. The zero-order chi connectivity index (χ0) is 36.8. The van der Waals surface area contributed by atoms with Crippen molar-refractivity contribution >= 4 is 18.1 Å². The van der Waals surface area contributed by atoms with Crippen LogP contribution in [-0.2, 0) is 16.6 Å². The Morgan fingerprint density at radius 2 is 1.57 bits per heavy atom. The largest absolute Gasteiger partial charge is 0.508 e. The number of unbranched alkanes of at least 4 members (excludes halogenated alkanes) is 3. The number of phenols is 1. The number of aliphatic hydroxyl groups excluding tert-OH is 2. The zero-order valence-corrected chi connectivity index (χ0v) is 31.2. The number of hydrogen-bond donors (Lipinski definition) is 4. The Balaban J connectivity index is 1.19. The minimum Gasteiger partial charge on any atom is -0.508 e. The Bertz CT molecular complexity index is 1890. The molecular formula is C48H58O5. The fourth-order valence-electron chi connectivity index (χ4n) is 10.7. The van der Waals surface area contributed by atoms with Crippen LogP contribution in [-0.4, -0.2) is 39.6 Å². The second kappa shape index (κ2) is 17.0. The van der Waals surface area contributed by atoms with Crippen molar-refractivity contribution in [3.8, 4) is 5.75 Å². The predicted molar refractivity (Wildman–Crippen MR) is 213 cm³/mol. The molecule has 7 rings (SSSR count). The summed E-state index contributed by atoms with van der Waals surface area (Å²) in [5.74, 6) is -0.0540. The van der Waals surface area contributed by atoms with Crippen molar-refractivity contribution in [1.82, 2.24) is 0 Å². The average molecular weight is 715 g/mol. The van der Waals surface area contributed by atoms with Crippen LogP contribution in [0.4, 0.5) is 0 Å². The van der Waals surface area contributed by atoms with E-state index in [1.807, 2.05) is 6.08 Å². The number of carboxylic acids is 1. The van der Waals surface area contributed by atoms with E-state index in [-0.39, 0.29) is 30.8 Å². The SMILES string of the molecule is O=C(O)C1C(CO)C=CCC(CCCCCCC2C=C(CO)CC2)C(c2ccc(O)cc2)Cc2cccc(c2)C12CCC1C=c3ccccc3=CC1C2. The van der Waals surface area contributed by atoms with E-state index in [1.165, 1.54) is 59.2 Å². The molecule has 0 radical (unpaired) electrons. The summed E-state index contributed by atoms with van der Waals surface area (Å²) >= 11 is 0. The minimum atomic E-state index is -0.825. The molecule has 0 saturated heterocycles. The average Bonchev–Trinajstić information content (AvgIpc) is 3.64. The Morgan fingerprint density at radius 1 is 0.811 bits per heavy atom. The van der Waals surface area contributed by atoms with Gasteiger partial charge >= 0.3 is 5.97 Å². The van der Waals surface area contributed by atoms with E-state index in [2.05, 4.69) is 85.0 Å². The van der Waals surface area contributed by atoms with Crippen molar-refractivity contribution in [1.29, 1.82) is 0 Å². The van der Waals surface area contributed by atoms with E-state index in [9.17, 15) is 25.2 Å². The first-order valence-corrected chi connectivity index (χ1v) is 20.3. The summed E-state index contributed by atoms with van der Waals surface area (Å²) in [6.07, 6.45) is 24.5. The molecule has 4 aliphatic carbocycles. The summed E-state index contributed by atoms with van der Waals surface area (Å²) in [4.78, 5) is 13.5. The van der Waals surface area contributed by atoms with Gasteiger partial charge in [0.15, 0.2) is 0 Å². The number of aromatic hydroxyl groups is 1. The van der Waals surface area contributed by atoms with Crippen LogP contribution in [0.1, 0.15) is 99.7 Å². The van der Waals surface area contributed by atoms with Crippen molar-refractivity contribution < 1.29 is 25.2 Å². The molecule has 8 unspecified atom stereocenters. The number of allylic oxidation sites excluding steroid dienone is 2. The number of benzene rings is 3. The molecule has 280 valence electrons. The Labute approximate surface area is 315 Å². The fourth-order valence-corrected chi connectivity index (χ4v) is 10.7. The van der Waals surface area contributed by atoms with Gasteiger partial charge in [0.1, 0.15) is 5.75 Å². The van der Waals surface area contributed by atoms with E-state index in [1.54, 1.807) is 12.1 Å². The highest BCUT2D eigenvalue weighted by molar-refractivity contribution is 5.74. The summed E-state index contributed by atoms with van der Waals surface area (Å²) in [6, 6.07) is 25.1. The summed E-state index contributed by atoms with van der Waals surface area (Å²) in [7, 11) is 0. The maximum Gasteiger partial charge on any atom is 0.308 e. The predicted octanol–water partition coefficient (Wildman–Crippen LogP) is 8.20. The van der Waals surface area contributed by atoms with Gasteiger partial charge in [-0.2, -0.15) is 0 Å². The number of aliphatic hydroxyl groups is 2. The van der Waals surface area contributed by atoms with E-state index in [0.29, 0.717) is 17.8 Å². The van der Waals surface area contributed by atoms with Crippen molar-refractivity contribution in [3.63, 3.8) is 0 Å². The molecule has 0 aromatic heterocycles. The minimum absolute atomic E-state index is 0.198. The molecule has 4 N–H and O–H groups in total. The quantitative estimate of drug-likeness (QED) is 0.119. The van der Waals surface area contributed by atoms with Crippen LogP contribution < -0.4 is 10.4 Å². The Hall–Kier alpha value is -3.93. The second-order valence-electron chi connectivity index (χ2n) is 16.7. The molecule has 0 amide bonds. The highest BCUT2D eigenvalue weighted by atomic mass is 16.4. The van der Waals surface area contributed by atoms with Gasteiger partial charge in [-0.3, -0.25) is 4.79 Å². The van der Waals surface area contributed by atoms with Gasteiger partial charge in [0.2, 0.25) is 0 Å². The van der Waals surface area contributed by atoms with Crippen LogP contribution >= 0.6 is 0 Å². The van der Waals surface area contributed by atoms with Gasteiger partial charge in [-0.25, -0.2) is 0 Å². The third kappa shape index (κ3) is 8.42. The lowest BCUT2D eigenvalue weighted by atomic mass is 9.54. The number of carboxylic acid groups (broad SMARTS) is 1. The monoisotopic (exact) mass is 714 g/mol. The lowest BCUT2D eigenvalue weighted by Crippen LogP contribution is -2.50. The number of aliphatic carboxylic acids is 1. The lowest BCUT2D eigenvalue weighted by molar-refractivity contribution is -0.148. The van der Waals surface area contributed by atoms with Crippen molar-refractivity contribution in [3.05, 3.63) is 124 Å². The number of hydrogen-bond acceptors (Lipinski definition) is 4. The number of carbonyl (C=O) groups is 1. The molecule has 0 aliphatic heterocycles. The number of phenolic OH excluding ortho intramolecular Hbond substituents is 1. The van der Waals surface area contributed by atoms with Crippen LogP contribution in [0.25, 0.3) is 12.2 Å². The lowest BCUT2D eigenvalue weighted by Gasteiger charge is -2.49. The number of fused-ring (bicyclic) bond motifs is 5. The standard InChI is InChI=1S/C48H58O5/c49-31-35-18-17-33(25-35)9-3-1-2-4-11-36-14-8-15-41(32-50)46(47(52)53)48(24-23-40-28-38-12-5-6-13-39(38)29-42(40)30-48)43-16-7-10-34(26-43)27-45(36)37-19-21-44(51)22-20-37/h5-8,10,12-13,15-16,19-22,25-26,28-29,33,36,40-42,45-46,49-51H,1-4,9,11,14,17-18,23-24,27,30-32H2,(H,52,53). The molecule has 1 saturated carbocycles. The molecule has 5 nitrogen and oxygen atoms in total. The van der Waals surface area contributed by atoms with Crippen LogP contribution in [0.5, 0.6) is 5.75 Å². The molecular weight excluding hydrogens is 657 g/mol. The number of rotatable bonds is 11. The zero-order valence-electron chi connectivity index (χ0n) is 31.2. The first-order chi connectivity index (χ1) is 25.9. The van der Waals surface area contributed by atoms with Gasteiger partial charge in [0.25, 0.3) is 0 Å². The van der Waals surface area contributed by atoms with E-state index < -0.39 is 23.2 Å². The van der Waals surface area contributed by atoms with E-state index >= 15 is 0 Å². The Kier molecular flexibility index (Phi) is 12.0. The second-order valence-corrected chi connectivity index (χ2v) is 16.7. The highest BCUT2D eigenvalue weighted by Gasteiger charge is 2.51. The van der Waals surface area contributed by atoms with Gasteiger partial charge < -0.3 is 20.4 Å². The van der Waals surface area contributed by atoms with Crippen LogP contribution in [0.15, 0.2) is 96.6 Å². The fraction of sp³-hybridized carbons (Fsp3) is 0.479. The van der Waals surface area contributed by atoms with E-state index in [4.69, 9.17) is 0 Å². The third-order valence-corrected chi connectivity index (χ3v) is 13.4. The highest BCUT2D eigenvalue weighted by Crippen LogP contribution is 2.53. The summed E-state index contributed by atoms with van der Waals surface area (Å²) < 4.78 is 0. The normalized spacial score (nSPS) is 29.5. The molecule has 8 atom stereocenters. The maximum atomic E-state index is 13.5. The van der Waals surface area contributed by atoms with Gasteiger partial charge in [-0.05, 0) is 132 Å². The summed E-state index contributed by atoms with van der Waals surface area (Å²) in [6.45, 7) is -0.00659.